The van der Waals surface area contributed by atoms with Crippen molar-refractivity contribution in [3.05, 3.63) is 23.8 Å². The fourth-order valence-corrected chi connectivity index (χ4v) is 2.35. The van der Waals surface area contributed by atoms with Crippen molar-refractivity contribution in [2.75, 3.05) is 12.5 Å². The van der Waals surface area contributed by atoms with E-state index in [0.29, 0.717) is 41.0 Å². The maximum Gasteiger partial charge on any atom is 0.231 e. The largest absolute Gasteiger partial charge is 0.454 e. The van der Waals surface area contributed by atoms with Gasteiger partial charge in [-0.3, -0.25) is 4.79 Å². The molecule has 0 amide bonds. The minimum atomic E-state index is 0.212. The van der Waals surface area contributed by atoms with Crippen LogP contribution in [0.5, 0.6) is 11.5 Å². The number of carbonyl (C=O) groups excluding carboxylic acids is 1. The van der Waals surface area contributed by atoms with E-state index in [-0.39, 0.29) is 6.79 Å². The summed E-state index contributed by atoms with van der Waals surface area (Å²) in [6, 6.07) is 5.47. The van der Waals surface area contributed by atoms with Crippen molar-refractivity contribution in [2.24, 2.45) is 5.92 Å². The summed E-state index contributed by atoms with van der Waals surface area (Å²) in [6.45, 7) is 5.02. The van der Waals surface area contributed by atoms with Gasteiger partial charge in [-0.1, -0.05) is 13.8 Å². The molecule has 1 aromatic carbocycles. The minimum Gasteiger partial charge on any atom is -0.454 e. The fourth-order valence-electron chi connectivity index (χ4n) is 2.35. The van der Waals surface area contributed by atoms with Gasteiger partial charge in [0.05, 0.1) is 5.56 Å². The van der Waals surface area contributed by atoms with Crippen LogP contribution in [0.2, 0.25) is 0 Å². The van der Waals surface area contributed by atoms with Gasteiger partial charge < -0.3 is 15.2 Å². The molecule has 6 heteroatoms. The number of ether oxygens (including phenoxy) is 2. The van der Waals surface area contributed by atoms with E-state index >= 15 is 0 Å². The Balaban J connectivity index is 2.07. The first-order valence-electron chi connectivity index (χ1n) is 6.81. The number of hydrogen-bond donors (Lipinski definition) is 1. The van der Waals surface area contributed by atoms with Gasteiger partial charge in [0.2, 0.25) is 6.79 Å². The van der Waals surface area contributed by atoms with Crippen LogP contribution in [0, 0.1) is 5.92 Å². The first-order chi connectivity index (χ1) is 10.1. The van der Waals surface area contributed by atoms with E-state index in [1.165, 1.54) is 0 Å². The van der Waals surface area contributed by atoms with Gasteiger partial charge >= 0.3 is 0 Å². The Hall–Kier alpha value is -2.50. The summed E-state index contributed by atoms with van der Waals surface area (Å²) in [7, 11) is 0. The quantitative estimate of drug-likeness (QED) is 0.873. The van der Waals surface area contributed by atoms with Gasteiger partial charge in [0, 0.05) is 12.1 Å². The molecule has 0 radical (unpaired) electrons. The molecule has 0 saturated heterocycles. The van der Waals surface area contributed by atoms with Gasteiger partial charge in [0.15, 0.2) is 17.8 Å². The van der Waals surface area contributed by atoms with Crippen molar-refractivity contribution in [1.82, 2.24) is 9.78 Å². The number of rotatable bonds is 4. The number of carbonyl (C=O) groups is 1. The summed E-state index contributed by atoms with van der Waals surface area (Å²) in [5, 5.41) is 4.48. The van der Waals surface area contributed by atoms with Crippen LogP contribution < -0.4 is 15.2 Å². The highest BCUT2D eigenvalue weighted by Crippen LogP contribution is 2.37. The van der Waals surface area contributed by atoms with Crippen LogP contribution in [0.4, 0.5) is 5.82 Å². The monoisotopic (exact) mass is 287 g/mol. The lowest BCUT2D eigenvalue weighted by atomic mass is 10.1. The van der Waals surface area contributed by atoms with E-state index in [9.17, 15) is 4.79 Å². The first kappa shape index (κ1) is 13.5. The molecule has 2 aromatic rings. The molecule has 0 saturated carbocycles. The lowest BCUT2D eigenvalue weighted by Gasteiger charge is -2.06. The highest BCUT2D eigenvalue weighted by Gasteiger charge is 2.20. The molecule has 1 aromatic heterocycles. The number of hydrogen-bond acceptors (Lipinski definition) is 5. The Labute approximate surface area is 122 Å². The van der Waals surface area contributed by atoms with Gasteiger partial charge in [-0.2, -0.15) is 5.10 Å². The maximum atomic E-state index is 11.4. The average molecular weight is 287 g/mol. The third kappa shape index (κ3) is 2.33. The fraction of sp³-hybridized carbons (Fsp3) is 0.333. The molecule has 21 heavy (non-hydrogen) atoms. The second-order valence-electron chi connectivity index (χ2n) is 5.41. The average Bonchev–Trinajstić information content (AvgIpc) is 3.03. The van der Waals surface area contributed by atoms with Crippen molar-refractivity contribution in [1.29, 1.82) is 0 Å². The van der Waals surface area contributed by atoms with Gasteiger partial charge in [-0.15, -0.1) is 0 Å². The molecule has 2 heterocycles. The number of nitrogens with two attached hydrogens (primary N) is 1. The third-order valence-electron chi connectivity index (χ3n) is 3.33. The van der Waals surface area contributed by atoms with Crippen molar-refractivity contribution in [2.45, 2.75) is 20.4 Å². The van der Waals surface area contributed by atoms with E-state index in [1.54, 1.807) is 4.68 Å². The molecule has 6 nitrogen and oxygen atoms in total. The molecule has 0 spiro atoms. The van der Waals surface area contributed by atoms with Crippen molar-refractivity contribution < 1.29 is 14.3 Å². The van der Waals surface area contributed by atoms with Gasteiger partial charge in [0.25, 0.3) is 0 Å². The van der Waals surface area contributed by atoms with Crippen LogP contribution in [-0.4, -0.2) is 22.9 Å². The molecule has 0 atom stereocenters. The highest BCUT2D eigenvalue weighted by molar-refractivity contribution is 5.91. The maximum absolute atomic E-state index is 11.4. The van der Waals surface area contributed by atoms with E-state index in [4.69, 9.17) is 15.2 Å². The van der Waals surface area contributed by atoms with Crippen molar-refractivity contribution >= 4 is 12.1 Å². The summed E-state index contributed by atoms with van der Waals surface area (Å²) in [5.74, 6) is 2.13. The molecule has 0 bridgehead atoms. The molecule has 3 rings (SSSR count). The molecule has 1 aliphatic rings. The molecular formula is C15H17N3O3. The molecular weight excluding hydrogens is 270 g/mol. The Bertz CT molecular complexity index is 692. The standard InChI is InChI=1S/C15H17N3O3/c1-9(2)6-18-15(16)11(7-19)14(17-18)10-3-4-12-13(5-10)21-8-20-12/h3-5,7,9H,6,8,16H2,1-2H3. The Kier molecular flexibility index (Phi) is 3.29. The van der Waals surface area contributed by atoms with Gasteiger partial charge in [-0.05, 0) is 24.1 Å². The third-order valence-corrected chi connectivity index (χ3v) is 3.33. The number of anilines is 1. The number of benzene rings is 1. The number of nitrogens with zero attached hydrogens (tertiary/aromatic N) is 2. The van der Waals surface area contributed by atoms with Crippen LogP contribution in [-0.2, 0) is 6.54 Å². The zero-order chi connectivity index (χ0) is 15.0. The van der Waals surface area contributed by atoms with Crippen LogP contribution >= 0.6 is 0 Å². The molecule has 1 aliphatic heterocycles. The molecule has 110 valence electrons. The van der Waals surface area contributed by atoms with E-state index < -0.39 is 0 Å². The Morgan fingerprint density at radius 3 is 2.86 bits per heavy atom. The number of nitrogen functional groups attached to an aromatic ring is 1. The first-order valence-corrected chi connectivity index (χ1v) is 6.81. The number of aromatic nitrogens is 2. The second kappa shape index (κ2) is 5.12. The Morgan fingerprint density at radius 2 is 2.14 bits per heavy atom. The normalized spacial score (nSPS) is 12.9. The Morgan fingerprint density at radius 1 is 1.38 bits per heavy atom. The van der Waals surface area contributed by atoms with Crippen LogP contribution in [0.25, 0.3) is 11.3 Å². The predicted molar refractivity (Wildman–Crippen MR) is 78.4 cm³/mol. The van der Waals surface area contributed by atoms with Crippen LogP contribution in [0.1, 0.15) is 24.2 Å². The lowest BCUT2D eigenvalue weighted by Crippen LogP contribution is -2.09. The van der Waals surface area contributed by atoms with E-state index in [1.807, 2.05) is 18.2 Å². The van der Waals surface area contributed by atoms with Crippen LogP contribution in [0.15, 0.2) is 18.2 Å². The topological polar surface area (TPSA) is 79.4 Å². The van der Waals surface area contributed by atoms with E-state index in [2.05, 4.69) is 18.9 Å². The summed E-state index contributed by atoms with van der Waals surface area (Å²) in [4.78, 5) is 11.4. The molecule has 0 unspecified atom stereocenters. The molecule has 0 fully saturated rings. The number of aldehydes is 1. The smallest absolute Gasteiger partial charge is 0.231 e. The SMILES string of the molecule is CC(C)Cn1nc(-c2ccc3c(c2)OCO3)c(C=O)c1N. The zero-order valence-corrected chi connectivity index (χ0v) is 12.0. The summed E-state index contributed by atoms with van der Waals surface area (Å²) >= 11 is 0. The van der Waals surface area contributed by atoms with Crippen molar-refractivity contribution in [3.63, 3.8) is 0 Å². The summed E-state index contributed by atoms with van der Waals surface area (Å²) in [6.07, 6.45) is 0.749. The predicted octanol–water partition coefficient (Wildman–Crippen LogP) is 2.33. The minimum absolute atomic E-state index is 0.212. The van der Waals surface area contributed by atoms with E-state index in [0.717, 1.165) is 11.8 Å². The summed E-state index contributed by atoms with van der Waals surface area (Å²) < 4.78 is 12.3. The second-order valence-corrected chi connectivity index (χ2v) is 5.41. The van der Waals surface area contributed by atoms with Crippen LogP contribution in [0.3, 0.4) is 0 Å². The van der Waals surface area contributed by atoms with Gasteiger partial charge in [0.1, 0.15) is 11.5 Å². The lowest BCUT2D eigenvalue weighted by molar-refractivity contribution is 0.112. The number of fused-ring (bicyclic) bond motifs is 1. The molecule has 0 aliphatic carbocycles. The van der Waals surface area contributed by atoms with Crippen molar-refractivity contribution in [3.8, 4) is 22.8 Å². The molecule has 2 N–H and O–H groups in total. The van der Waals surface area contributed by atoms with Gasteiger partial charge in [-0.25, -0.2) is 4.68 Å². The summed E-state index contributed by atoms with van der Waals surface area (Å²) in [5.41, 5.74) is 7.80. The zero-order valence-electron chi connectivity index (χ0n) is 12.0. The highest BCUT2D eigenvalue weighted by atomic mass is 16.7.